The molecule has 4 heterocycles. The average Bonchev–Trinajstić information content (AvgIpc) is 2.80. The third kappa shape index (κ3) is 7.45. The van der Waals surface area contributed by atoms with E-state index in [0.29, 0.717) is 13.2 Å². The molecule has 2 N–H and O–H groups in total. The molecule has 8 nitrogen and oxygen atoms in total. The van der Waals surface area contributed by atoms with Crippen LogP contribution < -0.4 is 35.4 Å². The van der Waals surface area contributed by atoms with Gasteiger partial charge >= 0.3 is 0 Å². The highest BCUT2D eigenvalue weighted by molar-refractivity contribution is 5.86. The molecule has 10 heteroatoms. The summed E-state index contributed by atoms with van der Waals surface area (Å²) in [6.07, 6.45) is 16.7. The molecule has 4 aliphatic heterocycles. The topological polar surface area (TPSA) is 83.1 Å². The normalized spacial score (nSPS) is 33.2. The van der Waals surface area contributed by atoms with E-state index >= 15 is 0 Å². The first-order valence-electron chi connectivity index (χ1n) is 11.9. The Hall–Kier alpha value is -2.12. The summed E-state index contributed by atoms with van der Waals surface area (Å²) in [5.74, 6) is 0.0566. The van der Waals surface area contributed by atoms with Gasteiger partial charge in [-0.1, -0.05) is 0 Å². The molecule has 0 amide bonds. The van der Waals surface area contributed by atoms with Crippen molar-refractivity contribution in [3.8, 4) is 0 Å². The minimum atomic E-state index is -0.445. The van der Waals surface area contributed by atoms with E-state index in [9.17, 15) is 9.59 Å². The van der Waals surface area contributed by atoms with Crippen molar-refractivity contribution in [1.82, 2.24) is 20.4 Å². The van der Waals surface area contributed by atoms with Gasteiger partial charge in [-0.25, -0.2) is 0 Å². The van der Waals surface area contributed by atoms with Crippen LogP contribution in [0.4, 0.5) is 0 Å². The Bertz CT molecular complexity index is 842. The second kappa shape index (κ2) is 13.4. The number of morpholine rings is 2. The van der Waals surface area contributed by atoms with Crippen molar-refractivity contribution in [2.75, 3.05) is 26.3 Å². The summed E-state index contributed by atoms with van der Waals surface area (Å²) in [5, 5.41) is 6.73. The fourth-order valence-electron chi connectivity index (χ4n) is 4.60. The van der Waals surface area contributed by atoms with Crippen molar-refractivity contribution in [3.63, 3.8) is 0 Å². The van der Waals surface area contributed by atoms with E-state index in [0.717, 1.165) is 11.1 Å². The molecule has 6 atom stereocenters. The Morgan fingerprint density at radius 1 is 0.806 bits per heavy atom. The number of hydrogen-bond donors (Lipinski definition) is 2. The number of nitrogens with one attached hydrogen (secondary N) is 2. The van der Waals surface area contributed by atoms with Crippen LogP contribution in [0.2, 0.25) is 0 Å². The van der Waals surface area contributed by atoms with Gasteiger partial charge in [0.2, 0.25) is 0 Å². The van der Waals surface area contributed by atoms with Crippen molar-refractivity contribution < 1.29 is 43.9 Å². The lowest BCUT2D eigenvalue weighted by molar-refractivity contribution is -0.137. The second-order valence-corrected chi connectivity index (χ2v) is 9.50. The number of rotatable bonds is 6. The number of hydrogen-bond acceptors (Lipinski definition) is 8. The molecule has 2 saturated heterocycles. The highest BCUT2D eigenvalue weighted by Crippen LogP contribution is 2.20. The van der Waals surface area contributed by atoms with Gasteiger partial charge in [0.25, 0.3) is 0 Å². The van der Waals surface area contributed by atoms with Gasteiger partial charge < -0.3 is 44.9 Å². The first-order valence-corrected chi connectivity index (χ1v) is 11.9. The van der Waals surface area contributed by atoms with E-state index in [1.54, 1.807) is 9.80 Å². The predicted octanol–water partition coefficient (Wildman–Crippen LogP) is -4.75. The van der Waals surface area contributed by atoms with Crippen LogP contribution >= 0.6 is 0 Å². The standard InChI is InChI=1S/C26H34N4O4.2ClH/c1-17-15-33-25(19(3)27-17)23(31)13-29-9-5-21(6-10-29)22-7-11-30(12-8-22)14-24(32)26-20(4)28-18(2)16-34-26;;/h5-9,11,17-20,25-28H,13-16H2,1-4H3;2*1H/q+2;;/p-2. The number of allylic oxidation sites excluding steroid dienone is 6. The van der Waals surface area contributed by atoms with E-state index < -0.39 is 12.2 Å². The molecular weight excluding hydrogens is 503 g/mol. The summed E-state index contributed by atoms with van der Waals surface area (Å²) in [4.78, 5) is 28.8. The summed E-state index contributed by atoms with van der Waals surface area (Å²) in [6, 6.07) is 0.480. The number of ether oxygens (including phenoxy) is 2. The first-order chi connectivity index (χ1) is 16.3. The lowest BCUT2D eigenvalue weighted by atomic mass is 10.0. The second-order valence-electron chi connectivity index (χ2n) is 9.50. The Kier molecular flexibility index (Phi) is 11.2. The third-order valence-electron chi connectivity index (χ3n) is 6.31. The molecule has 196 valence electrons. The van der Waals surface area contributed by atoms with Gasteiger partial charge in [-0.15, -0.1) is 0 Å². The Morgan fingerprint density at radius 3 is 1.50 bits per heavy atom. The maximum atomic E-state index is 12.7. The molecule has 0 bridgehead atoms. The molecule has 4 aliphatic rings. The summed E-state index contributed by atoms with van der Waals surface area (Å²) in [5.41, 5.74) is 1.91. The molecule has 4 rings (SSSR count). The summed E-state index contributed by atoms with van der Waals surface area (Å²) >= 11 is 0. The van der Waals surface area contributed by atoms with Gasteiger partial charge in [-0.2, -0.15) is 9.80 Å². The maximum absolute atomic E-state index is 12.7. The average molecular weight is 537 g/mol. The quantitative estimate of drug-likeness (QED) is 0.327. The number of Topliss-reactive ketones (excluding diaryl/α,β-unsaturated/α-hetero) is 2. The molecule has 36 heavy (non-hydrogen) atoms. The number of halogens is 2. The first kappa shape index (κ1) is 30.1. The van der Waals surface area contributed by atoms with E-state index in [2.05, 4.69) is 23.0 Å². The number of carbonyl (C=O) groups is 2. The van der Waals surface area contributed by atoms with Gasteiger partial charge in [0.05, 0.1) is 25.4 Å². The fourth-order valence-corrected chi connectivity index (χ4v) is 4.60. The Balaban J connectivity index is 0.00000228. The molecule has 0 aromatic heterocycles. The monoisotopic (exact) mass is 536 g/mol. The fraction of sp³-hybridized carbons (Fsp3) is 0.538. The Morgan fingerprint density at radius 2 is 1.19 bits per heavy atom. The summed E-state index contributed by atoms with van der Waals surface area (Å²) in [6.45, 7) is 9.53. The van der Waals surface area contributed by atoms with Crippen molar-refractivity contribution in [2.45, 2.75) is 64.1 Å². The smallest absolute Gasteiger partial charge is 0.186 e. The Labute approximate surface area is 226 Å². The number of carbonyl (C=O) groups excluding carboxylic acids is 2. The minimum Gasteiger partial charge on any atom is -1.00 e. The van der Waals surface area contributed by atoms with E-state index in [1.807, 2.05) is 64.4 Å². The number of ketones is 2. The molecule has 6 unspecified atom stereocenters. The van der Waals surface area contributed by atoms with Crippen LogP contribution in [-0.4, -0.2) is 84.0 Å². The van der Waals surface area contributed by atoms with Crippen molar-refractivity contribution >= 4 is 11.6 Å². The van der Waals surface area contributed by atoms with Crippen LogP contribution in [0.3, 0.4) is 0 Å². The van der Waals surface area contributed by atoms with Crippen LogP contribution in [-0.2, 0) is 19.1 Å². The van der Waals surface area contributed by atoms with Crippen LogP contribution in [0.25, 0.3) is 0 Å². The molecule has 0 aromatic rings. The van der Waals surface area contributed by atoms with E-state index in [-0.39, 0.29) is 73.6 Å². The molecule has 0 aliphatic carbocycles. The molecular formula is C26H34Cl2N4O4. The van der Waals surface area contributed by atoms with Crippen molar-refractivity contribution in [2.24, 2.45) is 0 Å². The lowest BCUT2D eigenvalue weighted by Crippen LogP contribution is -3.00. The summed E-state index contributed by atoms with van der Waals surface area (Å²) < 4.78 is 11.5. The van der Waals surface area contributed by atoms with Gasteiger partial charge in [0, 0.05) is 24.2 Å². The molecule has 0 saturated carbocycles. The van der Waals surface area contributed by atoms with Gasteiger partial charge in [-0.3, -0.25) is 9.59 Å². The lowest BCUT2D eigenvalue weighted by Gasteiger charge is -2.33. The van der Waals surface area contributed by atoms with Crippen LogP contribution in [0.1, 0.15) is 27.7 Å². The van der Waals surface area contributed by atoms with Gasteiger partial charge in [0.1, 0.15) is 62.2 Å². The van der Waals surface area contributed by atoms with Crippen LogP contribution in [0.5, 0.6) is 0 Å². The summed E-state index contributed by atoms with van der Waals surface area (Å²) in [7, 11) is 0. The third-order valence-corrected chi connectivity index (χ3v) is 6.31. The van der Waals surface area contributed by atoms with Crippen LogP contribution in [0.15, 0.2) is 47.9 Å². The highest BCUT2D eigenvalue weighted by atomic mass is 35.5. The SMILES string of the molecule is CC1COC(C(=O)CN2[C+]=CC(=C3C=[C+]N(CC(=O)C4OCC(C)NC4C)C=C3)C=C2)C(C)N1.[Cl-].[Cl-]. The molecule has 0 spiro atoms. The molecule has 0 radical (unpaired) electrons. The zero-order valence-corrected chi connectivity index (χ0v) is 22.6. The molecule has 2 fully saturated rings. The minimum absolute atomic E-state index is 0. The predicted molar refractivity (Wildman–Crippen MR) is 128 cm³/mol. The zero-order chi connectivity index (χ0) is 24.2. The van der Waals surface area contributed by atoms with Gasteiger partial charge in [0.15, 0.2) is 22.7 Å². The van der Waals surface area contributed by atoms with Gasteiger partial charge in [-0.05, 0) is 27.7 Å². The highest BCUT2D eigenvalue weighted by Gasteiger charge is 2.34. The zero-order valence-electron chi connectivity index (χ0n) is 21.0. The van der Waals surface area contributed by atoms with E-state index in [1.165, 1.54) is 0 Å². The molecule has 0 aromatic carbocycles. The largest absolute Gasteiger partial charge is 1.00 e. The maximum Gasteiger partial charge on any atom is 0.186 e. The van der Waals surface area contributed by atoms with Crippen molar-refractivity contribution in [3.05, 3.63) is 60.3 Å². The van der Waals surface area contributed by atoms with E-state index in [4.69, 9.17) is 9.47 Å². The number of nitrogens with zero attached hydrogens (tertiary/aromatic N) is 2. The van der Waals surface area contributed by atoms with Crippen LogP contribution in [0, 0.1) is 12.4 Å². The van der Waals surface area contributed by atoms with Crippen molar-refractivity contribution in [1.29, 1.82) is 0 Å².